The maximum absolute atomic E-state index is 12.6. The van der Waals surface area contributed by atoms with Crippen LogP contribution >= 0.6 is 0 Å². The molecule has 25 heavy (non-hydrogen) atoms. The van der Waals surface area contributed by atoms with Gasteiger partial charge in [0.05, 0.1) is 0 Å². The summed E-state index contributed by atoms with van der Waals surface area (Å²) in [7, 11) is 2.17. The molecule has 0 radical (unpaired) electrons. The second-order valence-corrected chi connectivity index (χ2v) is 7.15. The molecule has 132 valence electrons. The third-order valence-electron chi connectivity index (χ3n) is 5.70. The largest absolute Gasteiger partial charge is 0.334 e. The highest BCUT2D eigenvalue weighted by atomic mass is 16.2. The number of nitrogens with one attached hydrogen (secondary N) is 2. The Morgan fingerprint density at radius 3 is 2.92 bits per heavy atom. The molecule has 2 aromatic rings. The second kappa shape index (κ2) is 6.52. The molecule has 2 N–H and O–H groups in total. The summed E-state index contributed by atoms with van der Waals surface area (Å²) >= 11 is 0. The summed E-state index contributed by atoms with van der Waals surface area (Å²) in [6.07, 6.45) is 3.45. The first-order valence-corrected chi connectivity index (χ1v) is 8.97. The van der Waals surface area contributed by atoms with Crippen molar-refractivity contribution in [1.82, 2.24) is 20.1 Å². The molecule has 3 heterocycles. The fourth-order valence-electron chi connectivity index (χ4n) is 4.20. The fourth-order valence-corrected chi connectivity index (χ4v) is 4.20. The van der Waals surface area contributed by atoms with E-state index >= 15 is 0 Å². The van der Waals surface area contributed by atoms with E-state index in [-0.39, 0.29) is 11.6 Å². The standard InChI is InChI=1S/C19H24N4O2/c1-22-14-6-7-15(22)12-23(9-8-14)19(25)20-11-13-10-18(24)21-17-5-3-2-4-16(13)17/h2-5,10,14-15H,6-9,11-12H2,1H3,(H,20,25)(H,21,24). The van der Waals surface area contributed by atoms with Gasteiger partial charge in [-0.15, -0.1) is 0 Å². The number of H-pyrrole nitrogens is 1. The number of nitrogens with zero attached hydrogens (tertiary/aromatic N) is 2. The third kappa shape index (κ3) is 3.14. The summed E-state index contributed by atoms with van der Waals surface area (Å²) in [4.78, 5) is 31.7. The lowest BCUT2D eigenvalue weighted by atomic mass is 10.1. The first kappa shape index (κ1) is 16.1. The molecule has 0 aliphatic carbocycles. The number of para-hydroxylation sites is 1. The van der Waals surface area contributed by atoms with Crippen LogP contribution in [0.1, 0.15) is 24.8 Å². The zero-order valence-corrected chi connectivity index (χ0v) is 14.5. The molecule has 1 aromatic carbocycles. The number of pyridine rings is 1. The maximum atomic E-state index is 12.6. The Labute approximate surface area is 146 Å². The molecular formula is C19H24N4O2. The second-order valence-electron chi connectivity index (χ2n) is 7.15. The molecule has 1 aromatic heterocycles. The van der Waals surface area contributed by atoms with Crippen LogP contribution in [0, 0.1) is 0 Å². The smallest absolute Gasteiger partial charge is 0.317 e. The molecule has 0 spiro atoms. The van der Waals surface area contributed by atoms with Crippen molar-refractivity contribution in [3.8, 4) is 0 Å². The highest BCUT2D eigenvalue weighted by Gasteiger charge is 2.35. The molecular weight excluding hydrogens is 316 g/mol. The van der Waals surface area contributed by atoms with Gasteiger partial charge < -0.3 is 15.2 Å². The number of urea groups is 1. The first-order chi connectivity index (χ1) is 12.1. The zero-order valence-electron chi connectivity index (χ0n) is 14.5. The van der Waals surface area contributed by atoms with Crippen LogP contribution in [0.5, 0.6) is 0 Å². The summed E-state index contributed by atoms with van der Waals surface area (Å²) < 4.78 is 0. The van der Waals surface area contributed by atoms with E-state index in [0.29, 0.717) is 18.6 Å². The van der Waals surface area contributed by atoms with Gasteiger partial charge in [0.2, 0.25) is 5.56 Å². The number of hydrogen-bond donors (Lipinski definition) is 2. The zero-order chi connectivity index (χ0) is 17.4. The van der Waals surface area contributed by atoms with Gasteiger partial charge >= 0.3 is 6.03 Å². The molecule has 0 saturated carbocycles. The number of carbonyl (C=O) groups is 1. The van der Waals surface area contributed by atoms with Gasteiger partial charge in [0.25, 0.3) is 0 Å². The van der Waals surface area contributed by atoms with Crippen molar-refractivity contribution in [3.63, 3.8) is 0 Å². The van der Waals surface area contributed by atoms with Crippen molar-refractivity contribution >= 4 is 16.9 Å². The summed E-state index contributed by atoms with van der Waals surface area (Å²) in [6, 6.07) is 10.3. The summed E-state index contributed by atoms with van der Waals surface area (Å²) in [5.74, 6) is 0. The normalized spacial score (nSPS) is 23.6. The van der Waals surface area contributed by atoms with Gasteiger partial charge in [0, 0.05) is 48.7 Å². The lowest BCUT2D eigenvalue weighted by Gasteiger charge is -2.26. The van der Waals surface area contributed by atoms with Gasteiger partial charge in [-0.1, -0.05) is 18.2 Å². The maximum Gasteiger partial charge on any atom is 0.317 e. The highest BCUT2D eigenvalue weighted by molar-refractivity contribution is 5.82. The van der Waals surface area contributed by atoms with Crippen LogP contribution in [0.25, 0.3) is 10.9 Å². The number of rotatable bonds is 2. The summed E-state index contributed by atoms with van der Waals surface area (Å²) in [5, 5.41) is 3.98. The minimum absolute atomic E-state index is 0.0367. The Morgan fingerprint density at radius 1 is 1.24 bits per heavy atom. The van der Waals surface area contributed by atoms with Crippen LogP contribution in [0.4, 0.5) is 4.79 Å². The Bertz CT molecular complexity index is 847. The molecule has 4 rings (SSSR count). The lowest BCUT2D eigenvalue weighted by Crippen LogP contribution is -2.44. The minimum atomic E-state index is -0.142. The average molecular weight is 340 g/mol. The molecule has 2 saturated heterocycles. The highest BCUT2D eigenvalue weighted by Crippen LogP contribution is 2.28. The van der Waals surface area contributed by atoms with Crippen molar-refractivity contribution in [2.75, 3.05) is 20.1 Å². The van der Waals surface area contributed by atoms with Gasteiger partial charge in [-0.2, -0.15) is 0 Å². The molecule has 2 amide bonds. The molecule has 2 aliphatic rings. The van der Waals surface area contributed by atoms with E-state index in [4.69, 9.17) is 0 Å². The number of aromatic nitrogens is 1. The topological polar surface area (TPSA) is 68.4 Å². The average Bonchev–Trinajstić information content (AvgIpc) is 2.84. The van der Waals surface area contributed by atoms with Gasteiger partial charge in [-0.05, 0) is 37.9 Å². The quantitative estimate of drug-likeness (QED) is 0.877. The van der Waals surface area contributed by atoms with Crippen LogP contribution in [0.2, 0.25) is 0 Å². The molecule has 2 aliphatic heterocycles. The van der Waals surface area contributed by atoms with E-state index in [0.717, 1.165) is 36.0 Å². The van der Waals surface area contributed by atoms with Crippen LogP contribution in [-0.2, 0) is 6.54 Å². The van der Waals surface area contributed by atoms with E-state index in [2.05, 4.69) is 22.2 Å². The molecule has 2 fully saturated rings. The van der Waals surface area contributed by atoms with Crippen molar-refractivity contribution < 1.29 is 4.79 Å². The van der Waals surface area contributed by atoms with Gasteiger partial charge in [0.15, 0.2) is 0 Å². The SMILES string of the molecule is CN1C2CCC1CN(C(=O)NCc1cc(=O)[nH]c3ccccc13)CC2. The third-order valence-corrected chi connectivity index (χ3v) is 5.70. The van der Waals surface area contributed by atoms with Crippen LogP contribution < -0.4 is 10.9 Å². The van der Waals surface area contributed by atoms with E-state index in [9.17, 15) is 9.59 Å². The number of carbonyl (C=O) groups excluding carboxylic acids is 1. The molecule has 2 unspecified atom stereocenters. The summed E-state index contributed by atoms with van der Waals surface area (Å²) in [6.45, 7) is 1.95. The predicted octanol–water partition coefficient (Wildman–Crippen LogP) is 1.91. The van der Waals surface area contributed by atoms with Crippen LogP contribution in [0.15, 0.2) is 35.1 Å². The first-order valence-electron chi connectivity index (χ1n) is 8.97. The van der Waals surface area contributed by atoms with E-state index in [1.807, 2.05) is 29.2 Å². The number of hydrogen-bond acceptors (Lipinski definition) is 3. The minimum Gasteiger partial charge on any atom is -0.334 e. The number of likely N-dealkylation sites (N-methyl/N-ethyl adjacent to an activating group) is 1. The molecule has 2 atom stereocenters. The predicted molar refractivity (Wildman–Crippen MR) is 97.6 cm³/mol. The Kier molecular flexibility index (Phi) is 4.21. The van der Waals surface area contributed by atoms with Crippen LogP contribution in [0.3, 0.4) is 0 Å². The Balaban J connectivity index is 1.47. The van der Waals surface area contributed by atoms with E-state index in [1.165, 1.54) is 12.8 Å². The number of fused-ring (bicyclic) bond motifs is 3. The number of benzene rings is 1. The van der Waals surface area contributed by atoms with Crippen molar-refractivity contribution in [3.05, 3.63) is 46.2 Å². The summed E-state index contributed by atoms with van der Waals surface area (Å²) in [5.41, 5.74) is 1.51. The van der Waals surface area contributed by atoms with E-state index in [1.54, 1.807) is 6.07 Å². The number of likely N-dealkylation sites (tertiary alicyclic amines) is 1. The van der Waals surface area contributed by atoms with Crippen molar-refractivity contribution in [1.29, 1.82) is 0 Å². The fraction of sp³-hybridized carbons (Fsp3) is 0.474. The number of aromatic amines is 1. The lowest BCUT2D eigenvalue weighted by molar-refractivity contribution is 0.188. The number of amides is 2. The van der Waals surface area contributed by atoms with Crippen molar-refractivity contribution in [2.24, 2.45) is 0 Å². The molecule has 6 nitrogen and oxygen atoms in total. The monoisotopic (exact) mass is 340 g/mol. The Morgan fingerprint density at radius 2 is 2.04 bits per heavy atom. The van der Waals surface area contributed by atoms with Gasteiger partial charge in [-0.25, -0.2) is 4.79 Å². The van der Waals surface area contributed by atoms with E-state index < -0.39 is 0 Å². The van der Waals surface area contributed by atoms with Crippen LogP contribution in [-0.4, -0.2) is 53.0 Å². The molecule has 2 bridgehead atoms. The van der Waals surface area contributed by atoms with Gasteiger partial charge in [-0.3, -0.25) is 9.69 Å². The van der Waals surface area contributed by atoms with Gasteiger partial charge in [0.1, 0.15) is 0 Å². The van der Waals surface area contributed by atoms with Crippen molar-refractivity contribution in [2.45, 2.75) is 37.9 Å². The Hall–Kier alpha value is -2.34. The molecule has 6 heteroatoms.